The molecule has 2 heterocycles. The van der Waals surface area contributed by atoms with Gasteiger partial charge < -0.3 is 25.1 Å². The van der Waals surface area contributed by atoms with Gasteiger partial charge in [0.15, 0.2) is 6.23 Å². The highest BCUT2D eigenvalue weighted by Crippen LogP contribution is 2.40. The van der Waals surface area contributed by atoms with E-state index >= 15 is 0 Å². The molecule has 1 saturated heterocycles. The third-order valence-corrected chi connectivity index (χ3v) is 3.44. The van der Waals surface area contributed by atoms with E-state index in [9.17, 15) is 9.90 Å². The van der Waals surface area contributed by atoms with E-state index in [1.807, 2.05) is 0 Å². The van der Waals surface area contributed by atoms with Crippen LogP contribution in [0.5, 0.6) is 0 Å². The minimum Gasteiger partial charge on any atom is -0.393 e. The van der Waals surface area contributed by atoms with Crippen LogP contribution < -0.4 is 11.4 Å². The summed E-state index contributed by atoms with van der Waals surface area (Å²) in [5.41, 5.74) is 11.8. The number of nitrogens with zero attached hydrogens (tertiary/aromatic N) is 5. The van der Waals surface area contributed by atoms with Gasteiger partial charge in [0.2, 0.25) is 5.72 Å². The van der Waals surface area contributed by atoms with E-state index in [2.05, 4.69) is 15.0 Å². The van der Waals surface area contributed by atoms with Crippen molar-refractivity contribution in [3.8, 4) is 0 Å². The van der Waals surface area contributed by atoms with Gasteiger partial charge in [0, 0.05) is 25.3 Å². The number of azide groups is 1. The molecule has 0 radical (unpaired) electrons. The van der Waals surface area contributed by atoms with Gasteiger partial charge in [-0.2, -0.15) is 4.98 Å². The van der Waals surface area contributed by atoms with Crippen LogP contribution in [-0.2, 0) is 14.2 Å². The minimum atomic E-state index is -1.71. The summed E-state index contributed by atoms with van der Waals surface area (Å²) in [7, 11) is 2.73. The SMILES string of the molecule is CO[C@H]1[C@H](n2ccc(N)nc2=O)O[C@@](CO)(N=[N+]=[N-])[C@H]1OC. The number of anilines is 1. The van der Waals surface area contributed by atoms with Crippen LogP contribution in [0.3, 0.4) is 0 Å². The topological polar surface area (TPSA) is 158 Å². The molecule has 4 atom stereocenters. The number of aromatic nitrogens is 2. The van der Waals surface area contributed by atoms with Gasteiger partial charge >= 0.3 is 5.69 Å². The van der Waals surface area contributed by atoms with Crippen molar-refractivity contribution in [3.63, 3.8) is 0 Å². The van der Waals surface area contributed by atoms with Gasteiger partial charge in [-0.15, -0.1) is 0 Å². The molecule has 0 spiro atoms. The van der Waals surface area contributed by atoms with Gasteiger partial charge in [0.25, 0.3) is 0 Å². The Labute approximate surface area is 124 Å². The lowest BCUT2D eigenvalue weighted by Crippen LogP contribution is -2.46. The highest BCUT2D eigenvalue weighted by atomic mass is 16.6. The van der Waals surface area contributed by atoms with E-state index in [0.29, 0.717) is 0 Å². The predicted molar refractivity (Wildman–Crippen MR) is 73.6 cm³/mol. The zero-order valence-corrected chi connectivity index (χ0v) is 12.0. The average Bonchev–Trinajstić information content (AvgIpc) is 2.81. The molecular formula is C11H16N6O5. The summed E-state index contributed by atoms with van der Waals surface area (Å²) < 4.78 is 17.3. The molecule has 11 nitrogen and oxygen atoms in total. The van der Waals surface area contributed by atoms with Gasteiger partial charge in [0.1, 0.15) is 18.0 Å². The number of hydrogen-bond donors (Lipinski definition) is 2. The molecule has 1 aromatic rings. The minimum absolute atomic E-state index is 0.0555. The number of rotatable bonds is 5. The first-order chi connectivity index (χ1) is 10.5. The molecular weight excluding hydrogens is 296 g/mol. The van der Waals surface area contributed by atoms with Crippen LogP contribution in [0, 0.1) is 0 Å². The molecule has 0 amide bonds. The number of aliphatic hydroxyl groups excluding tert-OH is 1. The quantitative estimate of drug-likeness (QED) is 0.416. The maximum Gasteiger partial charge on any atom is 0.351 e. The number of nitrogen functional groups attached to an aromatic ring is 1. The van der Waals surface area contributed by atoms with Gasteiger partial charge in [-0.3, -0.25) is 4.57 Å². The van der Waals surface area contributed by atoms with Crippen molar-refractivity contribution in [3.05, 3.63) is 33.2 Å². The zero-order chi connectivity index (χ0) is 16.3. The van der Waals surface area contributed by atoms with Gasteiger partial charge in [0.05, 0.1) is 6.61 Å². The van der Waals surface area contributed by atoms with Crippen molar-refractivity contribution in [2.75, 3.05) is 26.6 Å². The van der Waals surface area contributed by atoms with Crippen molar-refractivity contribution in [2.45, 2.75) is 24.2 Å². The summed E-state index contributed by atoms with van der Waals surface area (Å²) in [6, 6.07) is 1.41. The Morgan fingerprint density at radius 3 is 2.86 bits per heavy atom. The molecule has 22 heavy (non-hydrogen) atoms. The standard InChI is InChI=1S/C11H16N6O5/c1-20-7-8(21-2)11(5-18,15-16-13)22-9(7)17-4-3-6(12)14-10(17)19/h3-4,7-9,18H,5H2,1-2H3,(H2,12,14,19)/t7-,8+,9-,11-/m1/s1. The number of ether oxygens (including phenoxy) is 3. The van der Waals surface area contributed by atoms with Crippen molar-refractivity contribution in [1.29, 1.82) is 0 Å². The molecule has 0 bridgehead atoms. The first kappa shape index (κ1) is 16.2. The molecule has 0 aromatic carbocycles. The molecule has 1 aliphatic heterocycles. The number of nitrogens with two attached hydrogens (primary N) is 1. The molecule has 0 saturated carbocycles. The lowest BCUT2D eigenvalue weighted by atomic mass is 10.1. The first-order valence-corrected chi connectivity index (χ1v) is 6.28. The molecule has 0 aliphatic carbocycles. The Morgan fingerprint density at radius 1 is 1.64 bits per heavy atom. The Balaban J connectivity index is 2.52. The third kappa shape index (κ3) is 2.51. The van der Waals surface area contributed by atoms with E-state index in [0.717, 1.165) is 4.57 Å². The van der Waals surface area contributed by atoms with E-state index in [-0.39, 0.29) is 5.82 Å². The number of hydrogen-bond acceptors (Lipinski definition) is 8. The van der Waals surface area contributed by atoms with Crippen molar-refractivity contribution >= 4 is 5.82 Å². The van der Waals surface area contributed by atoms with E-state index in [1.54, 1.807) is 0 Å². The Kier molecular flexibility index (Phi) is 4.64. The highest BCUT2D eigenvalue weighted by Gasteiger charge is 2.56. The molecule has 11 heteroatoms. The van der Waals surface area contributed by atoms with Crippen LogP contribution in [0.1, 0.15) is 6.23 Å². The van der Waals surface area contributed by atoms with Gasteiger partial charge in [-0.05, 0) is 11.6 Å². The largest absolute Gasteiger partial charge is 0.393 e. The molecule has 1 fully saturated rings. The van der Waals surface area contributed by atoms with Crippen LogP contribution in [0.4, 0.5) is 5.82 Å². The molecule has 2 rings (SSSR count). The number of methoxy groups -OCH3 is 2. The summed E-state index contributed by atoms with van der Waals surface area (Å²) in [6.07, 6.45) is -1.37. The summed E-state index contributed by atoms with van der Waals surface area (Å²) in [6.45, 7) is -0.650. The molecule has 3 N–H and O–H groups in total. The second-order valence-electron chi connectivity index (χ2n) is 4.60. The summed E-state index contributed by atoms with van der Waals surface area (Å²) in [5, 5.41) is 13.1. The summed E-state index contributed by atoms with van der Waals surface area (Å²) in [5.74, 6) is 0.0555. The smallest absolute Gasteiger partial charge is 0.351 e. The Morgan fingerprint density at radius 2 is 2.36 bits per heavy atom. The lowest BCUT2D eigenvalue weighted by Gasteiger charge is -2.27. The maximum absolute atomic E-state index is 12.0. The van der Waals surface area contributed by atoms with Crippen LogP contribution in [0.15, 0.2) is 22.2 Å². The van der Waals surface area contributed by atoms with E-state index in [4.69, 9.17) is 25.5 Å². The van der Waals surface area contributed by atoms with Gasteiger partial charge in [-0.1, -0.05) is 5.11 Å². The molecule has 0 unspecified atom stereocenters. The summed E-state index contributed by atoms with van der Waals surface area (Å²) >= 11 is 0. The number of aliphatic hydroxyl groups is 1. The fourth-order valence-electron chi connectivity index (χ4n) is 2.46. The zero-order valence-electron chi connectivity index (χ0n) is 12.0. The normalized spacial score (nSPS) is 31.0. The monoisotopic (exact) mass is 312 g/mol. The van der Waals surface area contributed by atoms with Crippen molar-refractivity contribution < 1.29 is 19.3 Å². The second kappa shape index (κ2) is 6.30. The van der Waals surface area contributed by atoms with Gasteiger partial charge in [-0.25, -0.2) is 4.79 Å². The Bertz CT molecular complexity index is 644. The van der Waals surface area contributed by atoms with Crippen molar-refractivity contribution in [2.24, 2.45) is 5.11 Å². The highest BCUT2D eigenvalue weighted by molar-refractivity contribution is 5.23. The summed E-state index contributed by atoms with van der Waals surface area (Å²) in [4.78, 5) is 18.2. The average molecular weight is 312 g/mol. The van der Waals surface area contributed by atoms with Crippen LogP contribution in [0.25, 0.3) is 10.4 Å². The van der Waals surface area contributed by atoms with Crippen LogP contribution in [-0.4, -0.2) is 53.4 Å². The third-order valence-electron chi connectivity index (χ3n) is 3.44. The molecule has 120 valence electrons. The van der Waals surface area contributed by atoms with E-state index in [1.165, 1.54) is 26.5 Å². The van der Waals surface area contributed by atoms with Crippen LogP contribution in [0.2, 0.25) is 0 Å². The van der Waals surface area contributed by atoms with Crippen LogP contribution >= 0.6 is 0 Å². The van der Waals surface area contributed by atoms with Crippen molar-refractivity contribution in [1.82, 2.24) is 9.55 Å². The first-order valence-electron chi connectivity index (χ1n) is 6.28. The fraction of sp³-hybridized carbons (Fsp3) is 0.636. The fourth-order valence-corrected chi connectivity index (χ4v) is 2.46. The van der Waals surface area contributed by atoms with E-state index < -0.39 is 36.5 Å². The predicted octanol–water partition coefficient (Wildman–Crippen LogP) is -0.617. The Hall–Kier alpha value is -2.17. The second-order valence-corrected chi connectivity index (χ2v) is 4.60. The lowest BCUT2D eigenvalue weighted by molar-refractivity contribution is -0.130. The molecule has 1 aliphatic rings. The maximum atomic E-state index is 12.0. The molecule has 1 aromatic heterocycles.